The molecule has 0 saturated carbocycles. The van der Waals surface area contributed by atoms with Gasteiger partial charge < -0.3 is 10.5 Å². The van der Waals surface area contributed by atoms with E-state index in [9.17, 15) is 4.79 Å². The van der Waals surface area contributed by atoms with Crippen LogP contribution in [0.2, 0.25) is 0 Å². The lowest BCUT2D eigenvalue weighted by Crippen LogP contribution is -2.07. The van der Waals surface area contributed by atoms with E-state index in [1.54, 1.807) is 19.2 Å². The van der Waals surface area contributed by atoms with Crippen molar-refractivity contribution in [3.63, 3.8) is 0 Å². The molecule has 19 heavy (non-hydrogen) atoms. The third-order valence-electron chi connectivity index (χ3n) is 2.86. The van der Waals surface area contributed by atoms with Gasteiger partial charge in [-0.05, 0) is 24.3 Å². The summed E-state index contributed by atoms with van der Waals surface area (Å²) in [4.78, 5) is 12.3. The Bertz CT molecular complexity index is 611. The van der Waals surface area contributed by atoms with E-state index >= 15 is 0 Å². The summed E-state index contributed by atoms with van der Waals surface area (Å²) < 4.78 is 6.10. The van der Waals surface area contributed by atoms with Gasteiger partial charge in [0.15, 0.2) is 5.78 Å². The molecule has 2 aromatic carbocycles. The number of ether oxygens (including phenoxy) is 1. The van der Waals surface area contributed by atoms with E-state index in [2.05, 4.69) is 15.9 Å². The highest BCUT2D eigenvalue weighted by Gasteiger charge is 2.13. The highest BCUT2D eigenvalue weighted by molar-refractivity contribution is 9.10. The molecule has 2 rings (SSSR count). The van der Waals surface area contributed by atoms with Gasteiger partial charge in [0.1, 0.15) is 5.75 Å². The summed E-state index contributed by atoms with van der Waals surface area (Å²) in [5, 5.41) is 0. The fourth-order valence-electron chi connectivity index (χ4n) is 1.90. The molecule has 0 aliphatic heterocycles. The summed E-state index contributed by atoms with van der Waals surface area (Å²) in [7, 11) is 1.59. The second kappa shape index (κ2) is 5.89. The van der Waals surface area contributed by atoms with E-state index in [4.69, 9.17) is 10.5 Å². The second-order valence-corrected chi connectivity index (χ2v) is 5.06. The van der Waals surface area contributed by atoms with Crippen LogP contribution in [0.3, 0.4) is 0 Å². The topological polar surface area (TPSA) is 52.3 Å². The molecule has 0 heterocycles. The molecule has 0 atom stereocenters. The number of benzene rings is 2. The van der Waals surface area contributed by atoms with Crippen LogP contribution < -0.4 is 10.5 Å². The number of carbonyl (C=O) groups excluding carboxylic acids is 1. The third kappa shape index (κ3) is 3.15. The fourth-order valence-corrected chi connectivity index (χ4v) is 2.28. The quantitative estimate of drug-likeness (QED) is 0.693. The van der Waals surface area contributed by atoms with E-state index in [0.29, 0.717) is 17.0 Å². The largest absolute Gasteiger partial charge is 0.496 e. The Morgan fingerprint density at radius 2 is 2.00 bits per heavy atom. The molecule has 0 fully saturated rings. The number of rotatable bonds is 4. The number of hydrogen-bond acceptors (Lipinski definition) is 3. The summed E-state index contributed by atoms with van der Waals surface area (Å²) in [6.07, 6.45) is 0.274. The predicted octanol–water partition coefficient (Wildman–Crippen LogP) is 3.47. The van der Waals surface area contributed by atoms with E-state index in [0.717, 1.165) is 10.0 Å². The van der Waals surface area contributed by atoms with Gasteiger partial charge in [-0.1, -0.05) is 34.1 Å². The number of halogens is 1. The van der Waals surface area contributed by atoms with Crippen LogP contribution in [0.1, 0.15) is 15.9 Å². The number of hydrogen-bond donors (Lipinski definition) is 1. The van der Waals surface area contributed by atoms with Crippen LogP contribution in [0, 0.1) is 0 Å². The highest BCUT2D eigenvalue weighted by atomic mass is 79.9. The van der Waals surface area contributed by atoms with Crippen molar-refractivity contribution in [2.24, 2.45) is 0 Å². The summed E-state index contributed by atoms with van der Waals surface area (Å²) in [5.74, 6) is 0.695. The van der Waals surface area contributed by atoms with Crippen LogP contribution in [0.4, 0.5) is 5.69 Å². The maximum absolute atomic E-state index is 12.3. The molecule has 2 aromatic rings. The van der Waals surface area contributed by atoms with Crippen LogP contribution >= 0.6 is 15.9 Å². The molecule has 0 spiro atoms. The lowest BCUT2D eigenvalue weighted by molar-refractivity contribution is 0.0993. The number of nitrogens with two attached hydrogens (primary N) is 1. The average Bonchev–Trinajstić information content (AvgIpc) is 2.39. The van der Waals surface area contributed by atoms with Gasteiger partial charge in [-0.15, -0.1) is 0 Å². The summed E-state index contributed by atoms with van der Waals surface area (Å²) >= 11 is 3.32. The standard InChI is InChI=1S/C15H14BrNO2/c1-19-15-5-3-2-4-10(15)8-14(18)12-7-6-11(16)9-13(12)17/h2-7,9H,8,17H2,1H3. The molecule has 0 aliphatic carbocycles. The second-order valence-electron chi connectivity index (χ2n) is 4.14. The molecule has 0 unspecified atom stereocenters. The Balaban J connectivity index is 2.26. The van der Waals surface area contributed by atoms with Gasteiger partial charge in [0.25, 0.3) is 0 Å². The Hall–Kier alpha value is -1.81. The minimum Gasteiger partial charge on any atom is -0.496 e. The Morgan fingerprint density at radius 3 is 2.68 bits per heavy atom. The van der Waals surface area contributed by atoms with Crippen LogP contribution in [0.15, 0.2) is 46.9 Å². The van der Waals surface area contributed by atoms with Gasteiger partial charge in [-0.3, -0.25) is 4.79 Å². The van der Waals surface area contributed by atoms with Crippen molar-refractivity contribution in [1.29, 1.82) is 0 Å². The van der Waals surface area contributed by atoms with Crippen LogP contribution in [-0.4, -0.2) is 12.9 Å². The van der Waals surface area contributed by atoms with Gasteiger partial charge in [0, 0.05) is 27.7 Å². The van der Waals surface area contributed by atoms with E-state index < -0.39 is 0 Å². The molecule has 0 saturated heterocycles. The van der Waals surface area contributed by atoms with E-state index in [1.807, 2.05) is 30.3 Å². The molecule has 0 amide bonds. The van der Waals surface area contributed by atoms with Crippen molar-refractivity contribution in [2.75, 3.05) is 12.8 Å². The number of ketones is 1. The molecule has 3 nitrogen and oxygen atoms in total. The van der Waals surface area contributed by atoms with E-state index in [1.165, 1.54) is 0 Å². The molecule has 0 radical (unpaired) electrons. The highest BCUT2D eigenvalue weighted by Crippen LogP contribution is 2.23. The number of methoxy groups -OCH3 is 1. The maximum Gasteiger partial charge on any atom is 0.169 e. The van der Waals surface area contributed by atoms with E-state index in [-0.39, 0.29) is 12.2 Å². The van der Waals surface area contributed by atoms with Gasteiger partial charge >= 0.3 is 0 Å². The molecule has 4 heteroatoms. The van der Waals surface area contributed by atoms with Crippen molar-refractivity contribution in [3.05, 3.63) is 58.1 Å². The number of carbonyl (C=O) groups is 1. The first-order valence-corrected chi connectivity index (χ1v) is 6.61. The third-order valence-corrected chi connectivity index (χ3v) is 3.35. The van der Waals surface area contributed by atoms with Crippen LogP contribution in [0.25, 0.3) is 0 Å². The molecule has 0 aliphatic rings. The van der Waals surface area contributed by atoms with Crippen LogP contribution in [-0.2, 0) is 6.42 Å². The number of nitrogen functional groups attached to an aromatic ring is 1. The molecule has 98 valence electrons. The first-order chi connectivity index (χ1) is 9.11. The van der Waals surface area contributed by atoms with Crippen molar-refractivity contribution in [1.82, 2.24) is 0 Å². The number of Topliss-reactive ketones (excluding diaryl/α,β-unsaturated/α-hetero) is 1. The molecule has 0 aromatic heterocycles. The fraction of sp³-hybridized carbons (Fsp3) is 0.133. The van der Waals surface area contributed by atoms with Crippen molar-refractivity contribution in [2.45, 2.75) is 6.42 Å². The summed E-state index contributed by atoms with van der Waals surface area (Å²) in [6, 6.07) is 12.8. The van der Waals surface area contributed by atoms with Crippen molar-refractivity contribution in [3.8, 4) is 5.75 Å². The van der Waals surface area contributed by atoms with Gasteiger partial charge in [0.05, 0.1) is 7.11 Å². The monoisotopic (exact) mass is 319 g/mol. The average molecular weight is 320 g/mol. The van der Waals surface area contributed by atoms with Crippen molar-refractivity contribution >= 4 is 27.4 Å². The zero-order chi connectivity index (χ0) is 13.8. The molecule has 0 bridgehead atoms. The Kier molecular flexibility index (Phi) is 4.22. The van der Waals surface area contributed by atoms with Gasteiger partial charge in [-0.25, -0.2) is 0 Å². The first-order valence-electron chi connectivity index (χ1n) is 5.82. The number of para-hydroxylation sites is 1. The Labute approximate surface area is 120 Å². The molecular formula is C15H14BrNO2. The first kappa shape index (κ1) is 13.6. The minimum atomic E-state index is -0.0190. The van der Waals surface area contributed by atoms with Crippen molar-refractivity contribution < 1.29 is 9.53 Å². The van der Waals surface area contributed by atoms with Gasteiger partial charge in [-0.2, -0.15) is 0 Å². The molecule has 2 N–H and O–H groups in total. The smallest absolute Gasteiger partial charge is 0.169 e. The summed E-state index contributed by atoms with van der Waals surface area (Å²) in [6.45, 7) is 0. The zero-order valence-electron chi connectivity index (χ0n) is 10.5. The SMILES string of the molecule is COc1ccccc1CC(=O)c1ccc(Br)cc1N. The lowest BCUT2D eigenvalue weighted by Gasteiger charge is -2.09. The van der Waals surface area contributed by atoms with Gasteiger partial charge in [0.2, 0.25) is 0 Å². The number of anilines is 1. The Morgan fingerprint density at radius 1 is 1.26 bits per heavy atom. The minimum absolute atomic E-state index is 0.0190. The maximum atomic E-state index is 12.3. The van der Waals surface area contributed by atoms with Crippen LogP contribution in [0.5, 0.6) is 5.75 Å². The lowest BCUT2D eigenvalue weighted by atomic mass is 10.0. The molecular weight excluding hydrogens is 306 g/mol. The zero-order valence-corrected chi connectivity index (χ0v) is 12.1. The summed E-state index contributed by atoms with van der Waals surface area (Å²) in [5.41, 5.74) is 7.74. The predicted molar refractivity (Wildman–Crippen MR) is 79.6 cm³/mol. The normalized spacial score (nSPS) is 10.2.